The van der Waals surface area contributed by atoms with Crippen molar-refractivity contribution < 1.29 is 14.4 Å². The molecule has 1 heterocycles. The SMILES string of the molecule is C=C.C=C(C)[C@@H](C)CCCCCC(=O)N1CCCCC1CC.C=O.CC.CC(C)=Cc1cc(Cl)ccc1C.CC(C)C(=O)N(C)C1CCCC1. The van der Waals surface area contributed by atoms with Gasteiger partial charge in [0.2, 0.25) is 11.8 Å². The zero-order valence-corrected chi connectivity index (χ0v) is 35.1. The summed E-state index contributed by atoms with van der Waals surface area (Å²) in [7, 11) is 1.94. The van der Waals surface area contributed by atoms with Gasteiger partial charge in [-0.2, -0.15) is 0 Å². The third-order valence-corrected chi connectivity index (χ3v) is 9.42. The number of aryl methyl sites for hydroxylation is 1. The van der Waals surface area contributed by atoms with Crippen LogP contribution in [0.25, 0.3) is 6.08 Å². The fourth-order valence-corrected chi connectivity index (χ4v) is 6.18. The molecule has 3 rings (SSSR count). The second-order valence-corrected chi connectivity index (χ2v) is 14.2. The number of nitrogens with zero attached hydrogens (tertiary/aromatic N) is 2. The Morgan fingerprint density at radius 1 is 0.960 bits per heavy atom. The molecule has 2 aliphatic rings. The minimum atomic E-state index is 0.149. The molecule has 0 radical (unpaired) electrons. The first-order valence-electron chi connectivity index (χ1n) is 19.2. The van der Waals surface area contributed by atoms with Gasteiger partial charge in [0.15, 0.2) is 0 Å². The molecule has 2 atom stereocenters. The van der Waals surface area contributed by atoms with Crippen molar-refractivity contribution in [1.82, 2.24) is 9.80 Å². The highest BCUT2D eigenvalue weighted by Crippen LogP contribution is 2.24. The van der Waals surface area contributed by atoms with E-state index in [1.807, 2.05) is 64.6 Å². The fraction of sp³-hybridized carbons (Fsp3) is 0.659. The summed E-state index contributed by atoms with van der Waals surface area (Å²) in [6.45, 7) is 33.7. The first-order valence-corrected chi connectivity index (χ1v) is 19.6. The molecule has 0 bridgehead atoms. The monoisotopic (exact) mass is 717 g/mol. The lowest BCUT2D eigenvalue weighted by atomic mass is 9.96. The van der Waals surface area contributed by atoms with Gasteiger partial charge in [-0.3, -0.25) is 9.59 Å². The molecular weight excluding hydrogens is 640 g/mol. The number of benzene rings is 1. The van der Waals surface area contributed by atoms with Crippen LogP contribution in [-0.4, -0.2) is 54.1 Å². The zero-order chi connectivity index (χ0) is 39.2. The van der Waals surface area contributed by atoms with E-state index < -0.39 is 0 Å². The normalized spacial score (nSPS) is 15.4. The van der Waals surface area contributed by atoms with E-state index in [0.717, 1.165) is 30.8 Å². The molecule has 1 saturated carbocycles. The van der Waals surface area contributed by atoms with Crippen molar-refractivity contribution in [2.24, 2.45) is 11.8 Å². The van der Waals surface area contributed by atoms with Crippen molar-refractivity contribution in [3.8, 4) is 0 Å². The number of hydrogen-bond donors (Lipinski definition) is 0. The summed E-state index contributed by atoms with van der Waals surface area (Å²) >= 11 is 5.87. The van der Waals surface area contributed by atoms with Gasteiger partial charge in [-0.05, 0) is 108 Å². The number of halogens is 1. The highest BCUT2D eigenvalue weighted by atomic mass is 35.5. The smallest absolute Gasteiger partial charge is 0.225 e. The van der Waals surface area contributed by atoms with Crippen molar-refractivity contribution in [3.63, 3.8) is 0 Å². The number of carbonyl (C=O) groups is 3. The molecule has 1 unspecified atom stereocenters. The van der Waals surface area contributed by atoms with Crippen LogP contribution in [-0.2, 0) is 14.4 Å². The Bertz CT molecular complexity index is 1070. The molecule has 5 nitrogen and oxygen atoms in total. The van der Waals surface area contributed by atoms with E-state index in [9.17, 15) is 9.59 Å². The van der Waals surface area contributed by atoms with E-state index in [1.54, 1.807) is 0 Å². The van der Waals surface area contributed by atoms with E-state index in [2.05, 4.69) is 72.3 Å². The van der Waals surface area contributed by atoms with Gasteiger partial charge in [-0.15, -0.1) is 13.2 Å². The average molecular weight is 718 g/mol. The van der Waals surface area contributed by atoms with Crippen molar-refractivity contribution in [1.29, 1.82) is 0 Å². The molecule has 6 heteroatoms. The molecule has 0 spiro atoms. The van der Waals surface area contributed by atoms with Crippen molar-refractivity contribution >= 4 is 36.3 Å². The topological polar surface area (TPSA) is 57.7 Å². The van der Waals surface area contributed by atoms with Gasteiger partial charge in [0.25, 0.3) is 0 Å². The third-order valence-electron chi connectivity index (χ3n) is 9.19. The van der Waals surface area contributed by atoms with Gasteiger partial charge in [0, 0.05) is 43.0 Å². The number of likely N-dealkylation sites (tertiary alicyclic amines) is 1. The Balaban J connectivity index is -0.000000640. The highest BCUT2D eigenvalue weighted by molar-refractivity contribution is 6.30. The molecule has 1 aromatic rings. The van der Waals surface area contributed by atoms with Crippen molar-refractivity contribution in [3.05, 3.63) is 65.2 Å². The minimum Gasteiger partial charge on any atom is -0.343 e. The minimum absolute atomic E-state index is 0.149. The first-order chi connectivity index (χ1) is 23.8. The number of unbranched alkanes of at least 4 members (excludes halogenated alkanes) is 2. The maximum absolute atomic E-state index is 12.3. The van der Waals surface area contributed by atoms with Gasteiger partial charge in [-0.1, -0.05) is 109 Å². The molecule has 1 aliphatic carbocycles. The molecule has 1 aliphatic heterocycles. The van der Waals surface area contributed by atoms with E-state index in [1.165, 1.54) is 86.5 Å². The maximum atomic E-state index is 12.3. The van der Waals surface area contributed by atoms with Crippen LogP contribution in [0, 0.1) is 18.8 Å². The zero-order valence-electron chi connectivity index (χ0n) is 34.3. The average Bonchev–Trinajstić information content (AvgIpc) is 3.67. The Morgan fingerprint density at radius 3 is 2.02 bits per heavy atom. The van der Waals surface area contributed by atoms with Gasteiger partial charge < -0.3 is 14.6 Å². The molecule has 1 saturated heterocycles. The quantitative estimate of drug-likeness (QED) is 0.169. The second-order valence-electron chi connectivity index (χ2n) is 13.8. The number of carbonyl (C=O) groups excluding carboxylic acids is 3. The molecule has 1 aromatic carbocycles. The number of amides is 2. The van der Waals surface area contributed by atoms with Gasteiger partial charge in [0.05, 0.1) is 0 Å². The number of allylic oxidation sites excluding steroid dienone is 2. The Hall–Kier alpha value is -2.66. The van der Waals surface area contributed by atoms with E-state index in [-0.39, 0.29) is 5.92 Å². The first kappa shape index (κ1) is 51.7. The molecule has 50 heavy (non-hydrogen) atoms. The largest absolute Gasteiger partial charge is 0.343 e. The maximum Gasteiger partial charge on any atom is 0.225 e. The predicted octanol–water partition coefficient (Wildman–Crippen LogP) is 12.7. The van der Waals surface area contributed by atoms with Crippen LogP contribution >= 0.6 is 11.6 Å². The van der Waals surface area contributed by atoms with Gasteiger partial charge in [-0.25, -0.2) is 0 Å². The van der Waals surface area contributed by atoms with Crippen LogP contribution < -0.4 is 0 Å². The summed E-state index contributed by atoms with van der Waals surface area (Å²) in [6.07, 6.45) is 17.3. The summed E-state index contributed by atoms with van der Waals surface area (Å²) < 4.78 is 0. The molecule has 2 fully saturated rings. The Kier molecular flexibility index (Phi) is 33.4. The number of rotatable bonds is 11. The molecular formula is C44H77ClN2O3. The third kappa shape index (κ3) is 22.9. The summed E-state index contributed by atoms with van der Waals surface area (Å²) in [5.41, 5.74) is 5.05. The lowest BCUT2D eigenvalue weighted by molar-refractivity contribution is -0.135. The summed E-state index contributed by atoms with van der Waals surface area (Å²) in [4.78, 5) is 35.9. The number of hydrogen-bond acceptors (Lipinski definition) is 3. The summed E-state index contributed by atoms with van der Waals surface area (Å²) in [6, 6.07) is 6.99. The lowest BCUT2D eigenvalue weighted by Crippen LogP contribution is -2.43. The molecule has 288 valence electrons. The molecule has 0 N–H and O–H groups in total. The predicted molar refractivity (Wildman–Crippen MR) is 222 cm³/mol. The lowest BCUT2D eigenvalue weighted by Gasteiger charge is -2.35. The Morgan fingerprint density at radius 2 is 1.52 bits per heavy atom. The van der Waals surface area contributed by atoms with E-state index >= 15 is 0 Å². The van der Waals surface area contributed by atoms with E-state index in [4.69, 9.17) is 16.4 Å². The highest BCUT2D eigenvalue weighted by Gasteiger charge is 2.25. The van der Waals surface area contributed by atoms with Crippen molar-refractivity contribution in [2.45, 2.75) is 165 Å². The summed E-state index contributed by atoms with van der Waals surface area (Å²) in [5.74, 6) is 1.46. The van der Waals surface area contributed by atoms with Crippen LogP contribution in [0.3, 0.4) is 0 Å². The molecule has 0 aromatic heterocycles. The van der Waals surface area contributed by atoms with Gasteiger partial charge in [0.1, 0.15) is 6.79 Å². The molecule has 2 amide bonds. The van der Waals surface area contributed by atoms with Crippen molar-refractivity contribution in [2.75, 3.05) is 13.6 Å². The van der Waals surface area contributed by atoms with Crippen LogP contribution in [0.1, 0.15) is 157 Å². The Labute approximate surface area is 315 Å². The van der Waals surface area contributed by atoms with Crippen LogP contribution in [0.5, 0.6) is 0 Å². The number of piperidine rings is 1. The van der Waals surface area contributed by atoms with E-state index in [0.29, 0.717) is 29.8 Å². The second kappa shape index (κ2) is 32.3. The summed E-state index contributed by atoms with van der Waals surface area (Å²) in [5, 5.41) is 0.799. The fourth-order valence-electron chi connectivity index (χ4n) is 6.00. The van der Waals surface area contributed by atoms with Gasteiger partial charge >= 0.3 is 0 Å². The van der Waals surface area contributed by atoms with Crippen LogP contribution in [0.2, 0.25) is 5.02 Å². The van der Waals surface area contributed by atoms with Crippen LogP contribution in [0.4, 0.5) is 0 Å². The standard InChI is InChI=1S/C18H33NO.C11H13Cl.C10H19NO.C2H6.C2H4.CH2O/c1-5-17-12-9-10-14-19(17)18(20)13-8-6-7-11-16(4)15(2)3;1-8(2)6-10-7-11(12)5-4-9(10)3;1-8(2)10(12)11(3)9-6-4-5-7-9;3*1-2/h16-17H,2,5-14H2,1,3-4H3;4-7H,1-3H3;8-9H,4-7H2,1-3H3;1-2H3;1-2H2;1H2/t16-,17?;;;;;/m0...../s1. The van der Waals surface area contributed by atoms with Crippen LogP contribution in [0.15, 0.2) is 49.1 Å².